The van der Waals surface area contributed by atoms with Crippen LogP contribution in [-0.2, 0) is 22.5 Å². The summed E-state index contributed by atoms with van der Waals surface area (Å²) in [6.45, 7) is 3.77. The SMILES string of the molecule is COc1ccc(CN2CCOC(Cc3cn(-c4ccccc4C)cn3)C2=O)cc1. The van der Waals surface area contributed by atoms with Gasteiger partial charge in [-0.2, -0.15) is 0 Å². The summed E-state index contributed by atoms with van der Waals surface area (Å²) in [6.07, 6.45) is 3.74. The molecule has 6 heteroatoms. The van der Waals surface area contributed by atoms with Gasteiger partial charge >= 0.3 is 0 Å². The van der Waals surface area contributed by atoms with E-state index in [1.54, 1.807) is 13.4 Å². The molecular formula is C23H25N3O3. The second-order valence-electron chi connectivity index (χ2n) is 7.23. The van der Waals surface area contributed by atoms with Gasteiger partial charge < -0.3 is 18.9 Å². The maximum Gasteiger partial charge on any atom is 0.252 e. The summed E-state index contributed by atoms with van der Waals surface area (Å²) >= 11 is 0. The van der Waals surface area contributed by atoms with Gasteiger partial charge in [0.1, 0.15) is 11.9 Å². The molecule has 0 aliphatic carbocycles. The average Bonchev–Trinajstić information content (AvgIpc) is 3.20. The molecule has 1 aliphatic rings. The summed E-state index contributed by atoms with van der Waals surface area (Å²) in [4.78, 5) is 19.3. The smallest absolute Gasteiger partial charge is 0.252 e. The van der Waals surface area contributed by atoms with Crippen molar-refractivity contribution in [3.05, 3.63) is 77.9 Å². The first-order valence-electron chi connectivity index (χ1n) is 9.76. The van der Waals surface area contributed by atoms with Crippen molar-refractivity contribution in [2.75, 3.05) is 20.3 Å². The average molecular weight is 391 g/mol. The Morgan fingerprint density at radius 2 is 1.97 bits per heavy atom. The zero-order chi connectivity index (χ0) is 20.2. The Bertz CT molecular complexity index is 981. The second-order valence-corrected chi connectivity index (χ2v) is 7.23. The van der Waals surface area contributed by atoms with Gasteiger partial charge in [0, 0.05) is 31.4 Å². The lowest BCUT2D eigenvalue weighted by molar-refractivity contribution is -0.153. The normalized spacial score (nSPS) is 16.8. The summed E-state index contributed by atoms with van der Waals surface area (Å²) < 4.78 is 13.0. The minimum Gasteiger partial charge on any atom is -0.497 e. The molecule has 0 radical (unpaired) electrons. The Hall–Kier alpha value is -3.12. The fraction of sp³-hybridized carbons (Fsp3) is 0.304. The van der Waals surface area contributed by atoms with E-state index in [0.29, 0.717) is 26.1 Å². The molecule has 1 saturated heterocycles. The van der Waals surface area contributed by atoms with E-state index < -0.39 is 6.10 Å². The summed E-state index contributed by atoms with van der Waals surface area (Å²) in [5.74, 6) is 0.821. The predicted octanol–water partition coefficient (Wildman–Crippen LogP) is 3.16. The highest BCUT2D eigenvalue weighted by atomic mass is 16.5. The molecule has 2 heterocycles. The van der Waals surface area contributed by atoms with Crippen molar-refractivity contribution in [3.8, 4) is 11.4 Å². The Balaban J connectivity index is 1.42. The van der Waals surface area contributed by atoms with Crippen molar-refractivity contribution >= 4 is 5.91 Å². The van der Waals surface area contributed by atoms with Crippen molar-refractivity contribution in [2.45, 2.75) is 26.0 Å². The molecule has 1 atom stereocenters. The fourth-order valence-corrected chi connectivity index (χ4v) is 3.59. The van der Waals surface area contributed by atoms with Crippen LogP contribution >= 0.6 is 0 Å². The first-order valence-corrected chi connectivity index (χ1v) is 9.76. The molecule has 1 aliphatic heterocycles. The van der Waals surface area contributed by atoms with Crippen molar-refractivity contribution in [1.82, 2.24) is 14.5 Å². The third-order valence-electron chi connectivity index (χ3n) is 5.22. The van der Waals surface area contributed by atoms with Gasteiger partial charge in [0.05, 0.1) is 25.7 Å². The largest absolute Gasteiger partial charge is 0.497 e. The van der Waals surface area contributed by atoms with E-state index in [0.717, 1.165) is 22.7 Å². The van der Waals surface area contributed by atoms with E-state index in [1.807, 2.05) is 52.1 Å². The molecule has 0 bridgehead atoms. The number of nitrogens with zero attached hydrogens (tertiary/aromatic N) is 3. The molecular weight excluding hydrogens is 366 g/mol. The molecule has 0 spiro atoms. The maximum atomic E-state index is 12.9. The maximum absolute atomic E-state index is 12.9. The standard InChI is InChI=1S/C23H25N3O3/c1-17-5-3-4-6-21(17)26-15-19(24-16-26)13-22-23(27)25(11-12-29-22)14-18-7-9-20(28-2)10-8-18/h3-10,15-16,22H,11-14H2,1-2H3. The number of carbonyl (C=O) groups is 1. The van der Waals surface area contributed by atoms with E-state index in [2.05, 4.69) is 24.0 Å². The van der Waals surface area contributed by atoms with Crippen LogP contribution in [0.4, 0.5) is 0 Å². The Labute approximate surface area is 170 Å². The third-order valence-corrected chi connectivity index (χ3v) is 5.22. The number of morpholine rings is 1. The number of ether oxygens (including phenoxy) is 2. The van der Waals surface area contributed by atoms with Crippen LogP contribution in [0.5, 0.6) is 5.75 Å². The number of aromatic nitrogens is 2. The molecule has 0 saturated carbocycles. The van der Waals surface area contributed by atoms with Crippen LogP contribution in [0.15, 0.2) is 61.1 Å². The number of methoxy groups -OCH3 is 1. The van der Waals surface area contributed by atoms with Crippen molar-refractivity contribution < 1.29 is 14.3 Å². The van der Waals surface area contributed by atoms with E-state index in [1.165, 1.54) is 5.56 Å². The summed E-state index contributed by atoms with van der Waals surface area (Å²) in [5, 5.41) is 0. The number of para-hydroxylation sites is 1. The first kappa shape index (κ1) is 19.2. The molecule has 1 fully saturated rings. The van der Waals surface area contributed by atoms with Crippen LogP contribution < -0.4 is 4.74 Å². The molecule has 6 nitrogen and oxygen atoms in total. The van der Waals surface area contributed by atoms with Gasteiger partial charge in [0.25, 0.3) is 5.91 Å². The number of hydrogen-bond acceptors (Lipinski definition) is 4. The van der Waals surface area contributed by atoms with Crippen LogP contribution in [0, 0.1) is 6.92 Å². The van der Waals surface area contributed by atoms with E-state index in [4.69, 9.17) is 9.47 Å². The molecule has 1 unspecified atom stereocenters. The summed E-state index contributed by atoms with van der Waals surface area (Å²) in [5.41, 5.74) is 4.18. The second kappa shape index (κ2) is 8.49. The Morgan fingerprint density at radius 3 is 2.72 bits per heavy atom. The lowest BCUT2D eigenvalue weighted by Gasteiger charge is -2.32. The van der Waals surface area contributed by atoms with Crippen LogP contribution in [-0.4, -0.2) is 46.7 Å². The number of hydrogen-bond donors (Lipinski definition) is 0. The molecule has 150 valence electrons. The van der Waals surface area contributed by atoms with Gasteiger partial charge in [-0.05, 0) is 36.2 Å². The van der Waals surface area contributed by atoms with Crippen LogP contribution in [0.3, 0.4) is 0 Å². The minimum absolute atomic E-state index is 0.0116. The lowest BCUT2D eigenvalue weighted by atomic mass is 10.1. The summed E-state index contributed by atoms with van der Waals surface area (Å²) in [7, 11) is 1.64. The van der Waals surface area contributed by atoms with Gasteiger partial charge in [-0.1, -0.05) is 30.3 Å². The fourth-order valence-electron chi connectivity index (χ4n) is 3.59. The van der Waals surface area contributed by atoms with Crippen LogP contribution in [0.2, 0.25) is 0 Å². The first-order chi connectivity index (χ1) is 14.1. The number of amides is 1. The molecule has 0 N–H and O–H groups in total. The molecule has 29 heavy (non-hydrogen) atoms. The molecule has 2 aromatic carbocycles. The van der Waals surface area contributed by atoms with Crippen LogP contribution in [0.25, 0.3) is 5.69 Å². The number of carbonyl (C=O) groups excluding carboxylic acids is 1. The van der Waals surface area contributed by atoms with Crippen molar-refractivity contribution in [1.29, 1.82) is 0 Å². The number of imidazole rings is 1. The van der Waals surface area contributed by atoms with Gasteiger partial charge in [-0.3, -0.25) is 4.79 Å². The highest BCUT2D eigenvalue weighted by Gasteiger charge is 2.30. The molecule has 4 rings (SSSR count). The number of rotatable bonds is 6. The highest BCUT2D eigenvalue weighted by Crippen LogP contribution is 2.19. The number of benzene rings is 2. The molecule has 1 aromatic heterocycles. The van der Waals surface area contributed by atoms with Gasteiger partial charge in [-0.15, -0.1) is 0 Å². The quantitative estimate of drug-likeness (QED) is 0.648. The Morgan fingerprint density at radius 1 is 1.17 bits per heavy atom. The van der Waals surface area contributed by atoms with E-state index in [9.17, 15) is 4.79 Å². The highest BCUT2D eigenvalue weighted by molar-refractivity contribution is 5.81. The minimum atomic E-state index is -0.498. The van der Waals surface area contributed by atoms with E-state index >= 15 is 0 Å². The predicted molar refractivity (Wildman–Crippen MR) is 110 cm³/mol. The van der Waals surface area contributed by atoms with Gasteiger partial charge in [-0.25, -0.2) is 4.98 Å². The lowest BCUT2D eigenvalue weighted by Crippen LogP contribution is -2.48. The van der Waals surface area contributed by atoms with Crippen LogP contribution in [0.1, 0.15) is 16.8 Å². The topological polar surface area (TPSA) is 56.6 Å². The Kier molecular flexibility index (Phi) is 5.62. The van der Waals surface area contributed by atoms with E-state index in [-0.39, 0.29) is 5.91 Å². The van der Waals surface area contributed by atoms with Crippen molar-refractivity contribution in [3.63, 3.8) is 0 Å². The molecule has 1 amide bonds. The van der Waals surface area contributed by atoms with Crippen molar-refractivity contribution in [2.24, 2.45) is 0 Å². The monoisotopic (exact) mass is 391 g/mol. The third kappa shape index (κ3) is 4.32. The molecule has 3 aromatic rings. The zero-order valence-corrected chi connectivity index (χ0v) is 16.7. The zero-order valence-electron chi connectivity index (χ0n) is 16.7. The van der Waals surface area contributed by atoms with Gasteiger partial charge in [0.15, 0.2) is 0 Å². The summed E-state index contributed by atoms with van der Waals surface area (Å²) in [6, 6.07) is 15.9. The number of aryl methyl sites for hydroxylation is 1. The van der Waals surface area contributed by atoms with Gasteiger partial charge in [0.2, 0.25) is 0 Å².